The summed E-state index contributed by atoms with van der Waals surface area (Å²) in [6.45, 7) is 4.53. The summed E-state index contributed by atoms with van der Waals surface area (Å²) in [6.07, 6.45) is 26.5. The minimum Gasteiger partial charge on any atom is -0.481 e. The van der Waals surface area contributed by atoms with Crippen molar-refractivity contribution in [3.05, 3.63) is 36.5 Å². The molecule has 0 rings (SSSR count). The highest BCUT2D eigenvalue weighted by Gasteiger charge is 1.99. The Bertz CT molecular complexity index is 366. The van der Waals surface area contributed by atoms with Gasteiger partial charge in [-0.2, -0.15) is 0 Å². The zero-order valence-electron chi connectivity index (χ0n) is 15.9. The van der Waals surface area contributed by atoms with Gasteiger partial charge in [-0.05, 0) is 50.9 Å². The second-order valence-corrected chi connectivity index (χ2v) is 6.50. The van der Waals surface area contributed by atoms with E-state index < -0.39 is 5.97 Å². The SMILES string of the molecule is CCCCC(C=CCC=CCC=CCCCCCCC(=O)O)CC. The number of carbonyl (C=O) groups is 1. The lowest BCUT2D eigenvalue weighted by molar-refractivity contribution is -0.137. The lowest BCUT2D eigenvalue weighted by Gasteiger charge is -2.07. The molecule has 0 aliphatic heterocycles. The number of carboxylic acids is 1. The van der Waals surface area contributed by atoms with Crippen molar-refractivity contribution in [2.75, 3.05) is 0 Å². The van der Waals surface area contributed by atoms with Crippen molar-refractivity contribution < 1.29 is 9.90 Å². The molecule has 0 aromatic rings. The molecule has 0 heterocycles. The number of unbranched alkanes of at least 4 members (excludes halogenated alkanes) is 5. The Morgan fingerprint density at radius 1 is 0.875 bits per heavy atom. The van der Waals surface area contributed by atoms with Crippen LogP contribution in [0.2, 0.25) is 0 Å². The quantitative estimate of drug-likeness (QED) is 0.242. The minimum absolute atomic E-state index is 0.312. The minimum atomic E-state index is -0.678. The van der Waals surface area contributed by atoms with Crippen LogP contribution >= 0.6 is 0 Å². The summed E-state index contributed by atoms with van der Waals surface area (Å²) in [6, 6.07) is 0. The fourth-order valence-corrected chi connectivity index (χ4v) is 2.63. The van der Waals surface area contributed by atoms with Crippen LogP contribution in [-0.4, -0.2) is 11.1 Å². The van der Waals surface area contributed by atoms with Crippen molar-refractivity contribution in [1.29, 1.82) is 0 Å². The Morgan fingerprint density at radius 2 is 1.54 bits per heavy atom. The number of rotatable bonds is 16. The molecular formula is C22H38O2. The lowest BCUT2D eigenvalue weighted by atomic mass is 9.98. The second kappa shape index (κ2) is 18.0. The Kier molecular flexibility index (Phi) is 17.1. The Balaban J connectivity index is 3.52. The zero-order valence-corrected chi connectivity index (χ0v) is 15.9. The average Bonchev–Trinajstić information content (AvgIpc) is 2.57. The van der Waals surface area contributed by atoms with E-state index in [1.54, 1.807) is 0 Å². The van der Waals surface area contributed by atoms with E-state index in [0.717, 1.165) is 44.4 Å². The molecule has 0 aliphatic rings. The third-order valence-corrected chi connectivity index (χ3v) is 4.25. The molecule has 0 saturated carbocycles. The maximum absolute atomic E-state index is 10.4. The highest BCUT2D eigenvalue weighted by molar-refractivity contribution is 5.66. The fourth-order valence-electron chi connectivity index (χ4n) is 2.63. The van der Waals surface area contributed by atoms with E-state index in [9.17, 15) is 4.79 Å². The molecule has 0 bridgehead atoms. The summed E-state index contributed by atoms with van der Waals surface area (Å²) in [5, 5.41) is 8.54. The third-order valence-electron chi connectivity index (χ3n) is 4.25. The molecule has 2 heteroatoms. The largest absolute Gasteiger partial charge is 0.481 e. The van der Waals surface area contributed by atoms with Crippen LogP contribution in [0, 0.1) is 5.92 Å². The Hall–Kier alpha value is -1.31. The molecule has 0 spiro atoms. The van der Waals surface area contributed by atoms with Gasteiger partial charge in [-0.15, -0.1) is 0 Å². The molecule has 138 valence electrons. The van der Waals surface area contributed by atoms with Crippen LogP contribution in [0.3, 0.4) is 0 Å². The van der Waals surface area contributed by atoms with E-state index in [0.29, 0.717) is 6.42 Å². The van der Waals surface area contributed by atoms with Gasteiger partial charge in [0.1, 0.15) is 0 Å². The molecule has 0 amide bonds. The number of allylic oxidation sites excluding steroid dienone is 6. The lowest BCUT2D eigenvalue weighted by Crippen LogP contribution is -1.93. The molecule has 2 nitrogen and oxygen atoms in total. The summed E-state index contributed by atoms with van der Waals surface area (Å²) < 4.78 is 0. The van der Waals surface area contributed by atoms with Gasteiger partial charge >= 0.3 is 5.97 Å². The highest BCUT2D eigenvalue weighted by Crippen LogP contribution is 2.14. The molecular weight excluding hydrogens is 296 g/mol. The van der Waals surface area contributed by atoms with E-state index in [1.165, 1.54) is 32.1 Å². The first-order valence-electron chi connectivity index (χ1n) is 9.89. The van der Waals surface area contributed by atoms with Crippen LogP contribution in [0.15, 0.2) is 36.5 Å². The smallest absolute Gasteiger partial charge is 0.303 e. The standard InChI is InChI=1S/C22H38O2/c1-3-5-18-21(4-2)19-16-14-12-10-8-6-7-9-11-13-15-17-20-22(23)24/h6-7,10,12,16,19,21H,3-5,8-9,11,13-15,17-18,20H2,1-2H3,(H,23,24). The molecule has 0 aromatic heterocycles. The molecule has 1 atom stereocenters. The summed E-state index contributed by atoms with van der Waals surface area (Å²) in [5.74, 6) is 0.0800. The van der Waals surface area contributed by atoms with Crippen molar-refractivity contribution in [2.45, 2.75) is 90.9 Å². The highest BCUT2D eigenvalue weighted by atomic mass is 16.4. The van der Waals surface area contributed by atoms with E-state index in [-0.39, 0.29) is 0 Å². The van der Waals surface area contributed by atoms with Crippen LogP contribution in [0.1, 0.15) is 90.9 Å². The number of hydrogen-bond donors (Lipinski definition) is 1. The fraction of sp³-hybridized carbons (Fsp3) is 0.682. The predicted molar refractivity (Wildman–Crippen MR) is 105 cm³/mol. The normalized spacial score (nSPS) is 13.4. The van der Waals surface area contributed by atoms with Crippen LogP contribution in [0.4, 0.5) is 0 Å². The van der Waals surface area contributed by atoms with Gasteiger partial charge < -0.3 is 5.11 Å². The van der Waals surface area contributed by atoms with Crippen molar-refractivity contribution in [3.8, 4) is 0 Å². The van der Waals surface area contributed by atoms with Gasteiger partial charge in [-0.25, -0.2) is 0 Å². The van der Waals surface area contributed by atoms with Gasteiger partial charge in [0, 0.05) is 6.42 Å². The van der Waals surface area contributed by atoms with Gasteiger partial charge in [0.15, 0.2) is 0 Å². The first kappa shape index (κ1) is 22.7. The van der Waals surface area contributed by atoms with Crippen LogP contribution in [0.5, 0.6) is 0 Å². The molecule has 0 aromatic carbocycles. The molecule has 1 N–H and O–H groups in total. The van der Waals surface area contributed by atoms with Gasteiger partial charge in [-0.1, -0.05) is 76.0 Å². The molecule has 24 heavy (non-hydrogen) atoms. The van der Waals surface area contributed by atoms with Gasteiger partial charge in [-0.3, -0.25) is 4.79 Å². The maximum Gasteiger partial charge on any atom is 0.303 e. The topological polar surface area (TPSA) is 37.3 Å². The van der Waals surface area contributed by atoms with E-state index in [2.05, 4.69) is 50.3 Å². The molecule has 1 unspecified atom stereocenters. The first-order valence-corrected chi connectivity index (χ1v) is 9.89. The van der Waals surface area contributed by atoms with Crippen molar-refractivity contribution >= 4 is 5.97 Å². The molecule has 0 fully saturated rings. The van der Waals surface area contributed by atoms with Crippen LogP contribution in [-0.2, 0) is 4.79 Å². The number of carboxylic acid groups (broad SMARTS) is 1. The molecule has 0 saturated heterocycles. The third kappa shape index (κ3) is 17.1. The number of aliphatic carboxylic acids is 1. The van der Waals surface area contributed by atoms with Crippen LogP contribution < -0.4 is 0 Å². The summed E-state index contributed by atoms with van der Waals surface area (Å²) in [7, 11) is 0. The first-order chi connectivity index (χ1) is 11.7. The molecule has 0 aliphatic carbocycles. The van der Waals surface area contributed by atoms with Crippen molar-refractivity contribution in [1.82, 2.24) is 0 Å². The van der Waals surface area contributed by atoms with Crippen molar-refractivity contribution in [3.63, 3.8) is 0 Å². The zero-order chi connectivity index (χ0) is 17.9. The van der Waals surface area contributed by atoms with Crippen LogP contribution in [0.25, 0.3) is 0 Å². The van der Waals surface area contributed by atoms with E-state index in [1.807, 2.05) is 0 Å². The summed E-state index contributed by atoms with van der Waals surface area (Å²) >= 11 is 0. The van der Waals surface area contributed by atoms with Gasteiger partial charge in [0.25, 0.3) is 0 Å². The monoisotopic (exact) mass is 334 g/mol. The summed E-state index contributed by atoms with van der Waals surface area (Å²) in [4.78, 5) is 10.4. The predicted octanol–water partition coefficient (Wildman–Crippen LogP) is 7.08. The maximum atomic E-state index is 10.4. The van der Waals surface area contributed by atoms with Crippen molar-refractivity contribution in [2.24, 2.45) is 5.92 Å². The second-order valence-electron chi connectivity index (χ2n) is 6.50. The number of hydrogen-bond acceptors (Lipinski definition) is 1. The Morgan fingerprint density at radius 3 is 2.21 bits per heavy atom. The van der Waals surface area contributed by atoms with Gasteiger partial charge in [0.2, 0.25) is 0 Å². The summed E-state index contributed by atoms with van der Waals surface area (Å²) in [5.41, 5.74) is 0. The van der Waals surface area contributed by atoms with Gasteiger partial charge in [0.05, 0.1) is 0 Å². The average molecular weight is 335 g/mol. The molecule has 0 radical (unpaired) electrons. The van der Waals surface area contributed by atoms with E-state index >= 15 is 0 Å². The van der Waals surface area contributed by atoms with E-state index in [4.69, 9.17) is 5.11 Å². The Labute approximate surface area is 149 Å².